The number of halogens is 1. The van der Waals surface area contributed by atoms with E-state index in [2.05, 4.69) is 15.9 Å². The molecule has 3 heteroatoms. The van der Waals surface area contributed by atoms with Gasteiger partial charge in [0.25, 0.3) is 0 Å². The van der Waals surface area contributed by atoms with Crippen molar-refractivity contribution in [3.05, 3.63) is 22.6 Å². The molecule has 1 aromatic heterocycles. The first-order valence-electron chi connectivity index (χ1n) is 4.19. The Hall–Kier alpha value is -0.280. The van der Waals surface area contributed by atoms with Crippen molar-refractivity contribution in [2.45, 2.75) is 31.3 Å². The van der Waals surface area contributed by atoms with Gasteiger partial charge in [-0.05, 0) is 53.7 Å². The summed E-state index contributed by atoms with van der Waals surface area (Å²) in [6.07, 6.45) is 3.84. The second kappa shape index (κ2) is 2.89. The van der Waals surface area contributed by atoms with Gasteiger partial charge < -0.3 is 9.52 Å². The van der Waals surface area contributed by atoms with Gasteiger partial charge in [0.2, 0.25) is 0 Å². The van der Waals surface area contributed by atoms with Gasteiger partial charge in [-0.25, -0.2) is 0 Å². The molecular weight excluding hydrogens is 220 g/mol. The highest BCUT2D eigenvalue weighted by atomic mass is 79.9. The van der Waals surface area contributed by atoms with Crippen molar-refractivity contribution in [2.75, 3.05) is 0 Å². The van der Waals surface area contributed by atoms with Crippen LogP contribution in [0.15, 0.2) is 21.2 Å². The van der Waals surface area contributed by atoms with Crippen LogP contribution in [0.3, 0.4) is 0 Å². The van der Waals surface area contributed by atoms with Crippen LogP contribution < -0.4 is 0 Å². The second-order valence-electron chi connectivity index (χ2n) is 3.34. The Bertz CT molecular complexity index is 274. The van der Waals surface area contributed by atoms with E-state index in [1.807, 2.05) is 12.1 Å². The molecule has 0 aromatic carbocycles. The number of aliphatic hydroxyl groups is 1. The van der Waals surface area contributed by atoms with Crippen molar-refractivity contribution in [2.24, 2.45) is 0 Å². The van der Waals surface area contributed by atoms with Crippen LogP contribution in [-0.4, -0.2) is 5.11 Å². The third-order valence-corrected chi connectivity index (χ3v) is 2.89. The van der Waals surface area contributed by atoms with Crippen molar-refractivity contribution in [3.63, 3.8) is 0 Å². The average Bonchev–Trinajstić information content (AvgIpc) is 2.59. The minimum absolute atomic E-state index is 0.688. The Morgan fingerprint density at radius 1 is 1.33 bits per heavy atom. The van der Waals surface area contributed by atoms with Crippen LogP contribution in [-0.2, 0) is 5.60 Å². The van der Waals surface area contributed by atoms with Crippen LogP contribution in [0.1, 0.15) is 31.4 Å². The predicted octanol–water partition coefficient (Wildman–Crippen LogP) is 2.80. The number of hydrogen-bond acceptors (Lipinski definition) is 2. The van der Waals surface area contributed by atoms with Gasteiger partial charge in [0.05, 0.1) is 0 Å². The summed E-state index contributed by atoms with van der Waals surface area (Å²) < 4.78 is 6.03. The zero-order valence-corrected chi connectivity index (χ0v) is 8.30. The van der Waals surface area contributed by atoms with Gasteiger partial charge in [-0.2, -0.15) is 0 Å². The standard InChI is InChI=1S/C9H11BrO2/c10-8-4-3-7(12-8)9(11)5-1-2-6-9/h3-4,11H,1-2,5-6H2. The Kier molecular flexibility index (Phi) is 2.00. The van der Waals surface area contributed by atoms with Crippen molar-refractivity contribution >= 4 is 15.9 Å². The molecule has 1 aliphatic rings. The summed E-state index contributed by atoms with van der Waals surface area (Å²) >= 11 is 3.23. The first kappa shape index (κ1) is 8.32. The summed E-state index contributed by atoms with van der Waals surface area (Å²) in [5.74, 6) is 0.701. The van der Waals surface area contributed by atoms with E-state index in [0.29, 0.717) is 10.4 Å². The summed E-state index contributed by atoms with van der Waals surface area (Å²) in [5, 5.41) is 10.1. The highest BCUT2D eigenvalue weighted by Crippen LogP contribution is 2.39. The lowest BCUT2D eigenvalue weighted by atomic mass is 10.00. The van der Waals surface area contributed by atoms with Gasteiger partial charge in [0.15, 0.2) is 4.67 Å². The third kappa shape index (κ3) is 1.31. The lowest BCUT2D eigenvalue weighted by Gasteiger charge is -2.18. The molecule has 1 aromatic rings. The Morgan fingerprint density at radius 3 is 2.50 bits per heavy atom. The molecule has 2 nitrogen and oxygen atoms in total. The second-order valence-corrected chi connectivity index (χ2v) is 4.12. The zero-order chi connectivity index (χ0) is 8.60. The fourth-order valence-electron chi connectivity index (χ4n) is 1.77. The largest absolute Gasteiger partial charge is 0.451 e. The fourth-order valence-corrected chi connectivity index (χ4v) is 2.08. The minimum atomic E-state index is -0.688. The molecule has 0 aliphatic heterocycles. The van der Waals surface area contributed by atoms with E-state index in [4.69, 9.17) is 4.42 Å². The van der Waals surface area contributed by atoms with Crippen molar-refractivity contribution in [1.29, 1.82) is 0 Å². The molecule has 1 N–H and O–H groups in total. The third-order valence-electron chi connectivity index (χ3n) is 2.46. The minimum Gasteiger partial charge on any atom is -0.451 e. The van der Waals surface area contributed by atoms with Crippen molar-refractivity contribution < 1.29 is 9.52 Å². The maximum Gasteiger partial charge on any atom is 0.169 e. The van der Waals surface area contributed by atoms with Crippen molar-refractivity contribution in [3.8, 4) is 0 Å². The maximum atomic E-state index is 10.1. The van der Waals surface area contributed by atoms with Crippen LogP contribution >= 0.6 is 15.9 Å². The van der Waals surface area contributed by atoms with Gasteiger partial charge in [-0.1, -0.05) is 0 Å². The van der Waals surface area contributed by atoms with Crippen LogP contribution in [0.4, 0.5) is 0 Å². The summed E-state index contributed by atoms with van der Waals surface area (Å²) in [6.45, 7) is 0. The smallest absolute Gasteiger partial charge is 0.169 e. The van der Waals surface area contributed by atoms with E-state index >= 15 is 0 Å². The molecule has 0 bridgehead atoms. The first-order valence-corrected chi connectivity index (χ1v) is 4.98. The lowest BCUT2D eigenvalue weighted by molar-refractivity contribution is 0.0211. The molecule has 2 rings (SSSR count). The summed E-state index contributed by atoms with van der Waals surface area (Å²) in [7, 11) is 0. The van der Waals surface area contributed by atoms with Gasteiger partial charge in [0, 0.05) is 0 Å². The predicted molar refractivity (Wildman–Crippen MR) is 48.8 cm³/mol. The number of rotatable bonds is 1. The summed E-state index contributed by atoms with van der Waals surface area (Å²) in [4.78, 5) is 0. The molecule has 0 amide bonds. The van der Waals surface area contributed by atoms with E-state index in [-0.39, 0.29) is 0 Å². The topological polar surface area (TPSA) is 33.4 Å². The molecule has 0 spiro atoms. The molecule has 0 atom stereocenters. The number of hydrogen-bond donors (Lipinski definition) is 1. The highest BCUT2D eigenvalue weighted by Gasteiger charge is 2.35. The molecule has 1 fully saturated rings. The van der Waals surface area contributed by atoms with E-state index < -0.39 is 5.60 Å². The molecule has 0 saturated heterocycles. The van der Waals surface area contributed by atoms with Crippen LogP contribution in [0.25, 0.3) is 0 Å². The molecule has 1 saturated carbocycles. The fraction of sp³-hybridized carbons (Fsp3) is 0.556. The van der Waals surface area contributed by atoms with E-state index in [9.17, 15) is 5.11 Å². The summed E-state index contributed by atoms with van der Waals surface area (Å²) in [6, 6.07) is 3.67. The van der Waals surface area contributed by atoms with Crippen LogP contribution in [0.2, 0.25) is 0 Å². The maximum absolute atomic E-state index is 10.1. The molecular formula is C9H11BrO2. The first-order chi connectivity index (χ1) is 5.71. The van der Waals surface area contributed by atoms with E-state index in [1.165, 1.54) is 0 Å². The van der Waals surface area contributed by atoms with Crippen molar-refractivity contribution in [1.82, 2.24) is 0 Å². The number of furan rings is 1. The average molecular weight is 231 g/mol. The summed E-state index contributed by atoms with van der Waals surface area (Å²) in [5.41, 5.74) is -0.688. The molecule has 0 unspecified atom stereocenters. The quantitative estimate of drug-likeness (QED) is 0.806. The monoisotopic (exact) mass is 230 g/mol. The highest BCUT2D eigenvalue weighted by molar-refractivity contribution is 9.10. The van der Waals surface area contributed by atoms with Gasteiger partial charge >= 0.3 is 0 Å². The van der Waals surface area contributed by atoms with E-state index in [1.54, 1.807) is 0 Å². The molecule has 66 valence electrons. The molecule has 12 heavy (non-hydrogen) atoms. The molecule has 0 radical (unpaired) electrons. The molecule has 1 aliphatic carbocycles. The van der Waals surface area contributed by atoms with Gasteiger partial charge in [-0.15, -0.1) is 0 Å². The Balaban J connectivity index is 2.28. The Morgan fingerprint density at radius 2 is 2.00 bits per heavy atom. The van der Waals surface area contributed by atoms with Gasteiger partial charge in [-0.3, -0.25) is 0 Å². The molecule has 1 heterocycles. The van der Waals surface area contributed by atoms with Crippen LogP contribution in [0.5, 0.6) is 0 Å². The zero-order valence-electron chi connectivity index (χ0n) is 6.72. The SMILES string of the molecule is OC1(c2ccc(Br)o2)CCCC1. The van der Waals surface area contributed by atoms with E-state index in [0.717, 1.165) is 25.7 Å². The van der Waals surface area contributed by atoms with Crippen LogP contribution in [0, 0.1) is 0 Å². The van der Waals surface area contributed by atoms with Gasteiger partial charge in [0.1, 0.15) is 11.4 Å². The normalized spacial score (nSPS) is 21.5. The lowest BCUT2D eigenvalue weighted by Crippen LogP contribution is -2.19. The Labute approximate surface area is 79.7 Å².